The van der Waals surface area contributed by atoms with Gasteiger partial charge in [0, 0.05) is 18.2 Å². The van der Waals surface area contributed by atoms with Crippen LogP contribution in [0.15, 0.2) is 18.2 Å². The molecule has 0 atom stereocenters. The molecule has 4 nitrogen and oxygen atoms in total. The molecule has 0 radical (unpaired) electrons. The fourth-order valence-corrected chi connectivity index (χ4v) is 2.08. The van der Waals surface area contributed by atoms with E-state index in [0.717, 1.165) is 19.5 Å². The number of carbonyl (C=O) groups is 1. The lowest BCUT2D eigenvalue weighted by Crippen LogP contribution is -2.32. The Hall–Kier alpha value is -1.62. The van der Waals surface area contributed by atoms with E-state index in [2.05, 4.69) is 31.0 Å². The molecule has 5 heteroatoms. The number of nitrogens with zero attached hydrogens (tertiary/aromatic N) is 1. The summed E-state index contributed by atoms with van der Waals surface area (Å²) >= 11 is 0. The molecule has 0 aliphatic rings. The van der Waals surface area contributed by atoms with Gasteiger partial charge in [0.05, 0.1) is 5.69 Å². The minimum atomic E-state index is -0.468. The third-order valence-electron chi connectivity index (χ3n) is 3.25. The van der Waals surface area contributed by atoms with E-state index in [1.807, 2.05) is 0 Å². The second-order valence-corrected chi connectivity index (χ2v) is 5.11. The molecular formula is C15H24FN3O. The summed E-state index contributed by atoms with van der Waals surface area (Å²) in [5, 5.41) is 2.56. The quantitative estimate of drug-likeness (QED) is 0.756. The van der Waals surface area contributed by atoms with Crippen molar-refractivity contribution >= 4 is 17.3 Å². The summed E-state index contributed by atoms with van der Waals surface area (Å²) in [5.41, 5.74) is 6.14. The standard InChI is InChI=1S/C15H24FN3O/c1-4-19(11(2)3)9-5-6-15(20)18-14-10-12(17)7-8-13(14)16/h7-8,10-11H,4-6,9,17H2,1-3H3,(H,18,20). The van der Waals surface area contributed by atoms with Gasteiger partial charge in [-0.2, -0.15) is 0 Å². The van der Waals surface area contributed by atoms with Crippen LogP contribution in [0.2, 0.25) is 0 Å². The van der Waals surface area contributed by atoms with E-state index in [4.69, 9.17) is 5.73 Å². The van der Waals surface area contributed by atoms with Crippen LogP contribution >= 0.6 is 0 Å². The number of halogens is 1. The summed E-state index contributed by atoms with van der Waals surface area (Å²) in [6, 6.07) is 4.61. The van der Waals surface area contributed by atoms with Gasteiger partial charge in [-0.1, -0.05) is 6.92 Å². The molecule has 0 aromatic heterocycles. The van der Waals surface area contributed by atoms with Crippen molar-refractivity contribution in [1.29, 1.82) is 0 Å². The Labute approximate surface area is 120 Å². The zero-order valence-electron chi connectivity index (χ0n) is 12.4. The third-order valence-corrected chi connectivity index (χ3v) is 3.25. The summed E-state index contributed by atoms with van der Waals surface area (Å²) in [6.45, 7) is 8.18. The van der Waals surface area contributed by atoms with Crippen molar-refractivity contribution in [1.82, 2.24) is 4.90 Å². The monoisotopic (exact) mass is 281 g/mol. The highest BCUT2D eigenvalue weighted by Gasteiger charge is 2.10. The van der Waals surface area contributed by atoms with Gasteiger partial charge in [0.1, 0.15) is 5.82 Å². The molecule has 0 spiro atoms. The molecule has 3 N–H and O–H groups in total. The molecule has 0 aliphatic heterocycles. The Bertz CT molecular complexity index is 449. The summed E-state index contributed by atoms with van der Waals surface area (Å²) in [6.07, 6.45) is 1.12. The molecule has 0 saturated heterocycles. The first kappa shape index (κ1) is 16.4. The molecule has 20 heavy (non-hydrogen) atoms. The highest BCUT2D eigenvalue weighted by atomic mass is 19.1. The van der Waals surface area contributed by atoms with Gasteiger partial charge in [0.25, 0.3) is 0 Å². The summed E-state index contributed by atoms with van der Waals surface area (Å²) in [7, 11) is 0. The Balaban J connectivity index is 2.42. The normalized spacial score (nSPS) is 11.1. The van der Waals surface area contributed by atoms with Crippen molar-refractivity contribution in [2.75, 3.05) is 24.1 Å². The van der Waals surface area contributed by atoms with Gasteiger partial charge in [0.15, 0.2) is 0 Å². The average molecular weight is 281 g/mol. The van der Waals surface area contributed by atoms with Gasteiger partial charge in [-0.3, -0.25) is 4.79 Å². The number of hydrogen-bond acceptors (Lipinski definition) is 3. The predicted octanol–water partition coefficient (Wildman–Crippen LogP) is 2.86. The third kappa shape index (κ3) is 5.17. The molecule has 0 aliphatic carbocycles. The summed E-state index contributed by atoms with van der Waals surface area (Å²) in [5.74, 6) is -0.653. The highest BCUT2D eigenvalue weighted by Crippen LogP contribution is 2.17. The van der Waals surface area contributed by atoms with Crippen LogP contribution in [-0.2, 0) is 4.79 Å². The molecule has 0 fully saturated rings. The van der Waals surface area contributed by atoms with Crippen molar-refractivity contribution in [2.45, 2.75) is 39.7 Å². The fourth-order valence-electron chi connectivity index (χ4n) is 2.08. The van der Waals surface area contributed by atoms with Crippen LogP contribution < -0.4 is 11.1 Å². The Kier molecular flexibility index (Phi) is 6.45. The maximum absolute atomic E-state index is 13.5. The molecule has 112 valence electrons. The number of benzene rings is 1. The number of anilines is 2. The van der Waals surface area contributed by atoms with Gasteiger partial charge in [-0.15, -0.1) is 0 Å². The topological polar surface area (TPSA) is 58.4 Å². The molecule has 0 bridgehead atoms. The molecular weight excluding hydrogens is 257 g/mol. The number of nitrogen functional groups attached to an aromatic ring is 1. The van der Waals surface area contributed by atoms with Gasteiger partial charge < -0.3 is 16.0 Å². The number of carbonyl (C=O) groups excluding carboxylic acids is 1. The lowest BCUT2D eigenvalue weighted by atomic mass is 10.2. The minimum Gasteiger partial charge on any atom is -0.399 e. The number of nitrogens with one attached hydrogen (secondary N) is 1. The minimum absolute atomic E-state index is 0.145. The fraction of sp³-hybridized carbons (Fsp3) is 0.533. The van der Waals surface area contributed by atoms with Crippen molar-refractivity contribution in [3.63, 3.8) is 0 Å². The first-order chi connectivity index (χ1) is 9.43. The van der Waals surface area contributed by atoms with Crippen LogP contribution in [0.1, 0.15) is 33.6 Å². The van der Waals surface area contributed by atoms with E-state index in [0.29, 0.717) is 18.2 Å². The van der Waals surface area contributed by atoms with E-state index in [1.165, 1.54) is 18.2 Å². The highest BCUT2D eigenvalue weighted by molar-refractivity contribution is 5.91. The first-order valence-corrected chi connectivity index (χ1v) is 7.03. The van der Waals surface area contributed by atoms with Crippen LogP contribution in [0.3, 0.4) is 0 Å². The van der Waals surface area contributed by atoms with Gasteiger partial charge in [-0.05, 0) is 51.6 Å². The maximum Gasteiger partial charge on any atom is 0.224 e. The lowest BCUT2D eigenvalue weighted by Gasteiger charge is -2.24. The number of rotatable bonds is 7. The predicted molar refractivity (Wildman–Crippen MR) is 81.1 cm³/mol. The van der Waals surface area contributed by atoms with Crippen molar-refractivity contribution in [3.05, 3.63) is 24.0 Å². The Morgan fingerprint density at radius 1 is 1.45 bits per heavy atom. The maximum atomic E-state index is 13.5. The molecule has 0 saturated carbocycles. The molecule has 1 aromatic rings. The number of nitrogens with two attached hydrogens (primary N) is 1. The smallest absolute Gasteiger partial charge is 0.224 e. The van der Waals surface area contributed by atoms with Crippen LogP contribution in [0, 0.1) is 5.82 Å². The Morgan fingerprint density at radius 3 is 2.75 bits per heavy atom. The summed E-state index contributed by atoms with van der Waals surface area (Å²) in [4.78, 5) is 14.1. The number of hydrogen-bond donors (Lipinski definition) is 2. The van der Waals surface area contributed by atoms with Crippen LogP contribution in [0.4, 0.5) is 15.8 Å². The molecule has 1 aromatic carbocycles. The second kappa shape index (κ2) is 7.85. The lowest BCUT2D eigenvalue weighted by molar-refractivity contribution is -0.116. The molecule has 0 unspecified atom stereocenters. The number of amides is 1. The largest absolute Gasteiger partial charge is 0.399 e. The first-order valence-electron chi connectivity index (χ1n) is 7.03. The summed E-state index contributed by atoms with van der Waals surface area (Å²) < 4.78 is 13.5. The van der Waals surface area contributed by atoms with Crippen molar-refractivity contribution in [2.24, 2.45) is 0 Å². The van der Waals surface area contributed by atoms with E-state index in [9.17, 15) is 9.18 Å². The van der Waals surface area contributed by atoms with Crippen LogP contribution in [0.5, 0.6) is 0 Å². The van der Waals surface area contributed by atoms with Crippen LogP contribution in [-0.4, -0.2) is 29.9 Å². The van der Waals surface area contributed by atoms with Crippen molar-refractivity contribution < 1.29 is 9.18 Å². The van der Waals surface area contributed by atoms with E-state index < -0.39 is 5.82 Å². The molecule has 0 heterocycles. The molecule has 1 rings (SSSR count). The zero-order valence-corrected chi connectivity index (χ0v) is 12.4. The van der Waals surface area contributed by atoms with Crippen molar-refractivity contribution in [3.8, 4) is 0 Å². The van der Waals surface area contributed by atoms with Gasteiger partial charge in [0.2, 0.25) is 5.91 Å². The van der Waals surface area contributed by atoms with Gasteiger partial charge in [-0.25, -0.2) is 4.39 Å². The van der Waals surface area contributed by atoms with Crippen LogP contribution in [0.25, 0.3) is 0 Å². The SMILES string of the molecule is CCN(CCCC(=O)Nc1cc(N)ccc1F)C(C)C. The van der Waals surface area contributed by atoms with E-state index in [-0.39, 0.29) is 11.6 Å². The second-order valence-electron chi connectivity index (χ2n) is 5.11. The van der Waals surface area contributed by atoms with E-state index in [1.54, 1.807) is 0 Å². The average Bonchev–Trinajstić information content (AvgIpc) is 2.38. The molecule has 1 amide bonds. The van der Waals surface area contributed by atoms with E-state index >= 15 is 0 Å². The van der Waals surface area contributed by atoms with Gasteiger partial charge >= 0.3 is 0 Å². The Morgan fingerprint density at radius 2 is 2.15 bits per heavy atom. The zero-order chi connectivity index (χ0) is 15.1.